The van der Waals surface area contributed by atoms with Gasteiger partial charge < -0.3 is 23.9 Å². The molecule has 0 aliphatic carbocycles. The highest BCUT2D eigenvalue weighted by molar-refractivity contribution is 6.08. The van der Waals surface area contributed by atoms with Crippen LogP contribution in [0.25, 0.3) is 6.08 Å². The second kappa shape index (κ2) is 9.12. The van der Waals surface area contributed by atoms with Gasteiger partial charge in [-0.15, -0.1) is 0 Å². The van der Waals surface area contributed by atoms with Gasteiger partial charge in [0.15, 0.2) is 11.5 Å². The average Bonchev–Trinajstić information content (AvgIpc) is 2.99. The fourth-order valence-electron chi connectivity index (χ4n) is 2.96. The van der Waals surface area contributed by atoms with E-state index in [4.69, 9.17) is 18.9 Å². The molecule has 1 heterocycles. The summed E-state index contributed by atoms with van der Waals surface area (Å²) < 4.78 is 21.0. The summed E-state index contributed by atoms with van der Waals surface area (Å²) in [6.45, 7) is 5.46. The van der Waals surface area contributed by atoms with Gasteiger partial charge >= 0.3 is 5.97 Å². The highest BCUT2D eigenvalue weighted by atomic mass is 16.5. The molecular weight excluding hydrogens is 362 g/mol. The minimum absolute atomic E-state index is 0.259. The zero-order valence-electron chi connectivity index (χ0n) is 17.0. The SMILES string of the molecule is CCOC(=O)c1c(C)[nH]c(C(=O)/C=C/c2cc(OC)c(OC)c(OC)c2)c1C. The van der Waals surface area contributed by atoms with Crippen LogP contribution in [-0.2, 0) is 4.74 Å². The minimum atomic E-state index is -0.443. The van der Waals surface area contributed by atoms with Gasteiger partial charge in [-0.3, -0.25) is 4.79 Å². The summed E-state index contributed by atoms with van der Waals surface area (Å²) >= 11 is 0. The van der Waals surface area contributed by atoms with Gasteiger partial charge in [0, 0.05) is 5.69 Å². The number of carbonyl (C=O) groups excluding carboxylic acids is 2. The number of carbonyl (C=O) groups is 2. The summed E-state index contributed by atoms with van der Waals surface area (Å²) in [4.78, 5) is 27.7. The van der Waals surface area contributed by atoms with Crippen molar-refractivity contribution in [3.05, 3.63) is 46.3 Å². The lowest BCUT2D eigenvalue weighted by molar-refractivity contribution is 0.0525. The number of esters is 1. The number of H-pyrrole nitrogens is 1. The average molecular weight is 387 g/mol. The zero-order chi connectivity index (χ0) is 20.8. The van der Waals surface area contributed by atoms with Crippen LogP contribution in [0.15, 0.2) is 18.2 Å². The molecule has 2 rings (SSSR count). The van der Waals surface area contributed by atoms with Crippen molar-refractivity contribution < 1.29 is 28.5 Å². The van der Waals surface area contributed by atoms with E-state index in [1.807, 2.05) is 0 Å². The fraction of sp³-hybridized carbons (Fsp3) is 0.333. The first-order valence-corrected chi connectivity index (χ1v) is 8.76. The van der Waals surface area contributed by atoms with Gasteiger partial charge in [-0.05, 0) is 50.1 Å². The molecule has 0 aliphatic heterocycles. The Balaban J connectivity index is 2.34. The van der Waals surface area contributed by atoms with Crippen LogP contribution in [0.1, 0.15) is 44.6 Å². The molecule has 0 fully saturated rings. The van der Waals surface area contributed by atoms with Gasteiger partial charge in [-0.25, -0.2) is 4.79 Å². The summed E-state index contributed by atoms with van der Waals surface area (Å²) in [5.41, 5.74) is 2.61. The Morgan fingerprint density at radius 1 is 1.04 bits per heavy atom. The highest BCUT2D eigenvalue weighted by Gasteiger charge is 2.21. The first-order chi connectivity index (χ1) is 13.4. The number of methoxy groups -OCH3 is 3. The second-order valence-corrected chi connectivity index (χ2v) is 6.00. The summed E-state index contributed by atoms with van der Waals surface area (Å²) in [7, 11) is 4.58. The number of ether oxygens (including phenoxy) is 4. The Morgan fingerprint density at radius 3 is 2.14 bits per heavy atom. The van der Waals surface area contributed by atoms with Crippen LogP contribution in [0.5, 0.6) is 17.2 Å². The number of rotatable bonds is 8. The molecule has 7 heteroatoms. The maximum atomic E-state index is 12.7. The van der Waals surface area contributed by atoms with E-state index in [0.717, 1.165) is 0 Å². The number of aromatic amines is 1. The summed E-state index contributed by atoms with van der Waals surface area (Å²) in [5, 5.41) is 0. The normalized spacial score (nSPS) is 10.8. The molecule has 0 saturated carbocycles. The molecule has 1 aromatic carbocycles. The van der Waals surface area contributed by atoms with Crippen LogP contribution in [-0.4, -0.2) is 44.7 Å². The lowest BCUT2D eigenvalue weighted by Gasteiger charge is -2.12. The molecule has 0 bridgehead atoms. The maximum absolute atomic E-state index is 12.7. The predicted molar refractivity (Wildman–Crippen MR) is 106 cm³/mol. The largest absolute Gasteiger partial charge is 0.493 e. The number of ketones is 1. The van der Waals surface area contributed by atoms with Crippen molar-refractivity contribution in [3.8, 4) is 17.2 Å². The molecule has 0 unspecified atom stereocenters. The number of nitrogens with one attached hydrogen (secondary N) is 1. The molecule has 150 valence electrons. The van der Waals surface area contributed by atoms with E-state index >= 15 is 0 Å². The van der Waals surface area contributed by atoms with E-state index in [1.165, 1.54) is 27.4 Å². The molecule has 0 aliphatic rings. The Bertz CT molecular complexity index is 885. The molecule has 0 saturated heterocycles. The van der Waals surface area contributed by atoms with Gasteiger partial charge in [0.2, 0.25) is 11.5 Å². The summed E-state index contributed by atoms with van der Waals surface area (Å²) in [5.74, 6) is 0.755. The van der Waals surface area contributed by atoms with Gasteiger partial charge in [-0.1, -0.05) is 6.08 Å². The van der Waals surface area contributed by atoms with Gasteiger partial charge in [-0.2, -0.15) is 0 Å². The molecule has 0 radical (unpaired) electrons. The van der Waals surface area contributed by atoms with Crippen LogP contribution >= 0.6 is 0 Å². The second-order valence-electron chi connectivity index (χ2n) is 6.00. The van der Waals surface area contributed by atoms with E-state index in [0.29, 0.717) is 45.3 Å². The molecule has 2 aromatic rings. The Morgan fingerprint density at radius 2 is 1.64 bits per heavy atom. The standard InChI is InChI=1S/C21H25NO6/c1-7-28-21(24)18-12(2)19(22-13(18)3)15(23)9-8-14-10-16(25-4)20(27-6)17(11-14)26-5/h8-11,22H,7H2,1-6H3/b9-8+. The number of hydrogen-bond donors (Lipinski definition) is 1. The number of benzene rings is 1. The van der Waals surface area contributed by atoms with Crippen LogP contribution in [0.3, 0.4) is 0 Å². The number of allylic oxidation sites excluding steroid dienone is 1. The minimum Gasteiger partial charge on any atom is -0.493 e. The third-order valence-corrected chi connectivity index (χ3v) is 4.28. The van der Waals surface area contributed by atoms with Crippen molar-refractivity contribution in [1.82, 2.24) is 4.98 Å². The van der Waals surface area contributed by atoms with E-state index in [9.17, 15) is 9.59 Å². The first kappa shape index (κ1) is 21.1. The van der Waals surface area contributed by atoms with E-state index < -0.39 is 5.97 Å². The molecule has 1 aromatic heterocycles. The van der Waals surface area contributed by atoms with E-state index in [2.05, 4.69) is 4.98 Å². The third-order valence-electron chi connectivity index (χ3n) is 4.28. The van der Waals surface area contributed by atoms with Crippen molar-refractivity contribution in [3.63, 3.8) is 0 Å². The fourth-order valence-corrected chi connectivity index (χ4v) is 2.96. The van der Waals surface area contributed by atoms with Crippen LogP contribution in [0.4, 0.5) is 0 Å². The number of aryl methyl sites for hydroxylation is 1. The number of aromatic nitrogens is 1. The number of hydrogen-bond acceptors (Lipinski definition) is 6. The molecule has 1 N–H and O–H groups in total. The van der Waals surface area contributed by atoms with Crippen molar-refractivity contribution in [1.29, 1.82) is 0 Å². The molecule has 7 nitrogen and oxygen atoms in total. The van der Waals surface area contributed by atoms with Crippen molar-refractivity contribution in [2.75, 3.05) is 27.9 Å². The van der Waals surface area contributed by atoms with Gasteiger partial charge in [0.1, 0.15) is 0 Å². The Hall–Kier alpha value is -3.22. The molecule has 0 atom stereocenters. The molecule has 0 spiro atoms. The molecule has 0 amide bonds. The first-order valence-electron chi connectivity index (χ1n) is 8.76. The quantitative estimate of drug-likeness (QED) is 0.422. The zero-order valence-corrected chi connectivity index (χ0v) is 17.0. The highest BCUT2D eigenvalue weighted by Crippen LogP contribution is 2.38. The van der Waals surface area contributed by atoms with Crippen LogP contribution < -0.4 is 14.2 Å². The van der Waals surface area contributed by atoms with Crippen molar-refractivity contribution in [2.24, 2.45) is 0 Å². The molecular formula is C21H25NO6. The topological polar surface area (TPSA) is 86.9 Å². The lowest BCUT2D eigenvalue weighted by Crippen LogP contribution is -2.07. The maximum Gasteiger partial charge on any atom is 0.340 e. The van der Waals surface area contributed by atoms with Crippen molar-refractivity contribution >= 4 is 17.8 Å². The Kier molecular flexibility index (Phi) is 6.87. The van der Waals surface area contributed by atoms with Crippen molar-refractivity contribution in [2.45, 2.75) is 20.8 Å². The smallest absolute Gasteiger partial charge is 0.340 e. The molecule has 28 heavy (non-hydrogen) atoms. The lowest BCUT2D eigenvalue weighted by atomic mass is 10.1. The van der Waals surface area contributed by atoms with E-state index in [1.54, 1.807) is 39.0 Å². The summed E-state index contributed by atoms with van der Waals surface area (Å²) in [6, 6.07) is 3.48. The van der Waals surface area contributed by atoms with Gasteiger partial charge in [0.05, 0.1) is 39.2 Å². The van der Waals surface area contributed by atoms with Gasteiger partial charge in [0.25, 0.3) is 0 Å². The van der Waals surface area contributed by atoms with E-state index in [-0.39, 0.29) is 12.4 Å². The monoisotopic (exact) mass is 387 g/mol. The predicted octanol–water partition coefficient (Wildman–Crippen LogP) is 3.73. The Labute approximate surface area is 164 Å². The third kappa shape index (κ3) is 4.19. The van der Waals surface area contributed by atoms with Crippen LogP contribution in [0.2, 0.25) is 0 Å². The summed E-state index contributed by atoms with van der Waals surface area (Å²) in [6.07, 6.45) is 3.07. The van der Waals surface area contributed by atoms with Crippen LogP contribution in [0, 0.1) is 13.8 Å².